The minimum Gasteiger partial charge on any atom is -0.506 e. The Hall–Kier alpha value is -1.01. The van der Waals surface area contributed by atoms with Gasteiger partial charge in [-0.15, -0.1) is 0 Å². The second-order valence-corrected chi connectivity index (χ2v) is 8.21. The van der Waals surface area contributed by atoms with E-state index in [2.05, 4.69) is 4.90 Å². The quantitative estimate of drug-likeness (QED) is 0.470. The number of aliphatic hydroxyl groups is 1. The van der Waals surface area contributed by atoms with Crippen molar-refractivity contribution < 1.29 is 14.7 Å². The van der Waals surface area contributed by atoms with Crippen LogP contribution in [0.4, 0.5) is 0 Å². The molecule has 0 bridgehead atoms. The van der Waals surface area contributed by atoms with Crippen molar-refractivity contribution in [3.05, 3.63) is 38.9 Å². The van der Waals surface area contributed by atoms with E-state index >= 15 is 0 Å². The minimum absolute atomic E-state index is 0.129. The number of halogens is 2. The summed E-state index contributed by atoms with van der Waals surface area (Å²) >= 11 is 14.7. The minimum atomic E-state index is -0.327. The summed E-state index contributed by atoms with van der Waals surface area (Å²) in [4.78, 5) is 26.4. The number of Topliss-reactive ketones (excluding diaryl/α,β-unsaturated/α-hetero) is 2. The average molecular weight is 400 g/mol. The van der Waals surface area contributed by atoms with Gasteiger partial charge in [-0.1, -0.05) is 23.2 Å². The number of hydrogen-bond acceptors (Lipinski definition) is 5. The third-order valence-corrected chi connectivity index (χ3v) is 6.26. The van der Waals surface area contributed by atoms with Gasteiger partial charge in [0.15, 0.2) is 11.6 Å². The highest BCUT2D eigenvalue weighted by molar-refractivity contribution is 7.99. The molecule has 1 aromatic carbocycles. The van der Waals surface area contributed by atoms with Crippen LogP contribution >= 0.6 is 35.0 Å². The SMILES string of the molecule is O=C1CCCC(=O)C1=C(O)c1ccc(Cl)c(CN2CCSCC2)c1Cl. The Balaban J connectivity index is 1.98. The van der Waals surface area contributed by atoms with Crippen molar-refractivity contribution >= 4 is 52.3 Å². The van der Waals surface area contributed by atoms with Crippen LogP contribution in [0.2, 0.25) is 10.0 Å². The molecule has 1 N–H and O–H groups in total. The number of carbonyl (C=O) groups is 2. The molecule has 7 heteroatoms. The van der Waals surface area contributed by atoms with E-state index in [1.54, 1.807) is 12.1 Å². The molecule has 4 nitrogen and oxygen atoms in total. The van der Waals surface area contributed by atoms with Gasteiger partial charge >= 0.3 is 0 Å². The predicted octanol–water partition coefficient (Wildman–Crippen LogP) is 4.13. The number of benzene rings is 1. The third kappa shape index (κ3) is 4.05. The molecule has 0 aromatic heterocycles. The topological polar surface area (TPSA) is 57.6 Å². The van der Waals surface area contributed by atoms with Gasteiger partial charge in [-0.2, -0.15) is 11.8 Å². The van der Waals surface area contributed by atoms with Gasteiger partial charge in [-0.3, -0.25) is 14.5 Å². The molecular formula is C18H19Cl2NO3S. The smallest absolute Gasteiger partial charge is 0.170 e. The summed E-state index contributed by atoms with van der Waals surface area (Å²) in [6.07, 6.45) is 1.07. The van der Waals surface area contributed by atoms with Gasteiger partial charge in [0.2, 0.25) is 0 Å². The number of nitrogens with zero attached hydrogens (tertiary/aromatic N) is 1. The molecular weight excluding hydrogens is 381 g/mol. The fourth-order valence-electron chi connectivity index (χ4n) is 3.12. The molecule has 1 heterocycles. The zero-order valence-electron chi connectivity index (χ0n) is 13.7. The molecule has 1 saturated carbocycles. The molecule has 1 aliphatic carbocycles. The zero-order chi connectivity index (χ0) is 18.0. The average Bonchev–Trinajstić information content (AvgIpc) is 2.59. The Morgan fingerprint density at radius 1 is 1.12 bits per heavy atom. The molecule has 2 fully saturated rings. The van der Waals surface area contributed by atoms with Crippen LogP contribution in [0.1, 0.15) is 30.4 Å². The molecule has 0 atom stereocenters. The van der Waals surface area contributed by atoms with Crippen LogP contribution in [0.15, 0.2) is 17.7 Å². The molecule has 3 rings (SSSR count). The van der Waals surface area contributed by atoms with E-state index < -0.39 is 0 Å². The van der Waals surface area contributed by atoms with E-state index in [1.807, 2.05) is 11.8 Å². The molecule has 1 aromatic rings. The highest BCUT2D eigenvalue weighted by Crippen LogP contribution is 2.35. The molecule has 1 aliphatic heterocycles. The Labute approximate surface area is 161 Å². The number of rotatable bonds is 3. The van der Waals surface area contributed by atoms with Gasteiger partial charge in [0.05, 0.1) is 5.02 Å². The van der Waals surface area contributed by atoms with Crippen molar-refractivity contribution in [2.24, 2.45) is 0 Å². The van der Waals surface area contributed by atoms with Gasteiger partial charge in [0, 0.05) is 60.1 Å². The Kier molecular flexibility index (Phi) is 6.10. The first kappa shape index (κ1) is 18.8. The predicted molar refractivity (Wildman–Crippen MR) is 102 cm³/mol. The maximum absolute atomic E-state index is 12.1. The van der Waals surface area contributed by atoms with Gasteiger partial charge < -0.3 is 5.11 Å². The zero-order valence-corrected chi connectivity index (χ0v) is 16.0. The summed E-state index contributed by atoms with van der Waals surface area (Å²) < 4.78 is 0. The van der Waals surface area contributed by atoms with Crippen LogP contribution in [0.3, 0.4) is 0 Å². The fourth-order valence-corrected chi connectivity index (χ4v) is 4.68. The fraction of sp³-hybridized carbons (Fsp3) is 0.444. The van der Waals surface area contributed by atoms with Gasteiger partial charge in [0.1, 0.15) is 11.3 Å². The molecule has 2 aliphatic rings. The number of aliphatic hydroxyl groups excluding tert-OH is 1. The van der Waals surface area contributed by atoms with Gasteiger partial charge in [-0.25, -0.2) is 0 Å². The monoisotopic (exact) mass is 399 g/mol. The van der Waals surface area contributed by atoms with E-state index in [-0.39, 0.29) is 35.7 Å². The van der Waals surface area contributed by atoms with Crippen LogP contribution < -0.4 is 0 Å². The van der Waals surface area contributed by atoms with E-state index in [0.717, 1.165) is 30.2 Å². The summed E-state index contributed by atoms with van der Waals surface area (Å²) in [6.45, 7) is 2.48. The number of hydrogen-bond donors (Lipinski definition) is 1. The molecule has 1 saturated heterocycles. The van der Waals surface area contributed by atoms with Crippen molar-refractivity contribution in [2.75, 3.05) is 24.6 Å². The summed E-state index contributed by atoms with van der Waals surface area (Å²) in [6, 6.07) is 3.23. The van der Waals surface area contributed by atoms with Crippen molar-refractivity contribution in [2.45, 2.75) is 25.8 Å². The highest BCUT2D eigenvalue weighted by atomic mass is 35.5. The van der Waals surface area contributed by atoms with E-state index in [0.29, 0.717) is 28.6 Å². The second kappa shape index (κ2) is 8.12. The second-order valence-electron chi connectivity index (χ2n) is 6.20. The highest BCUT2D eigenvalue weighted by Gasteiger charge is 2.29. The molecule has 134 valence electrons. The lowest BCUT2D eigenvalue weighted by atomic mass is 9.89. The standard InChI is InChI=1S/C18H19Cl2NO3S/c19-13-5-4-11(18(24)16-14(22)2-1-3-15(16)23)17(20)12(13)10-21-6-8-25-9-7-21/h4-5,24H,1-3,6-10H2. The van der Waals surface area contributed by atoms with Gasteiger partial charge in [0.25, 0.3) is 0 Å². The molecule has 0 spiro atoms. The first-order valence-electron chi connectivity index (χ1n) is 8.26. The van der Waals surface area contributed by atoms with E-state index in [1.165, 1.54) is 0 Å². The van der Waals surface area contributed by atoms with Crippen molar-refractivity contribution in [1.29, 1.82) is 0 Å². The Morgan fingerprint density at radius 2 is 1.76 bits per heavy atom. The third-order valence-electron chi connectivity index (χ3n) is 4.53. The lowest BCUT2D eigenvalue weighted by molar-refractivity contribution is -0.123. The molecule has 0 amide bonds. The van der Waals surface area contributed by atoms with Crippen LogP contribution in [0.25, 0.3) is 5.76 Å². The van der Waals surface area contributed by atoms with Crippen molar-refractivity contribution in [1.82, 2.24) is 4.90 Å². The lowest BCUT2D eigenvalue weighted by Crippen LogP contribution is -2.32. The summed E-state index contributed by atoms with van der Waals surface area (Å²) in [5, 5.41) is 11.4. The first-order valence-corrected chi connectivity index (χ1v) is 10.2. The molecule has 0 radical (unpaired) electrons. The maximum Gasteiger partial charge on any atom is 0.170 e. The number of ketones is 2. The molecule has 25 heavy (non-hydrogen) atoms. The first-order chi connectivity index (χ1) is 12.0. The van der Waals surface area contributed by atoms with Gasteiger partial charge in [-0.05, 0) is 18.6 Å². The normalized spacial score (nSPS) is 19.4. The summed E-state index contributed by atoms with van der Waals surface area (Å²) in [5.74, 6) is 1.15. The largest absolute Gasteiger partial charge is 0.506 e. The summed E-state index contributed by atoms with van der Waals surface area (Å²) in [5.41, 5.74) is 0.887. The number of carbonyl (C=O) groups excluding carboxylic acids is 2. The maximum atomic E-state index is 12.1. The van der Waals surface area contributed by atoms with Crippen molar-refractivity contribution in [3.8, 4) is 0 Å². The Bertz CT molecular complexity index is 724. The molecule has 0 unspecified atom stereocenters. The van der Waals surface area contributed by atoms with Crippen molar-refractivity contribution in [3.63, 3.8) is 0 Å². The summed E-state index contributed by atoms with van der Waals surface area (Å²) in [7, 11) is 0. The van der Waals surface area contributed by atoms with E-state index in [9.17, 15) is 14.7 Å². The van der Waals surface area contributed by atoms with Crippen LogP contribution in [-0.2, 0) is 16.1 Å². The van der Waals surface area contributed by atoms with Crippen LogP contribution in [0.5, 0.6) is 0 Å². The van der Waals surface area contributed by atoms with E-state index in [4.69, 9.17) is 23.2 Å². The number of allylic oxidation sites excluding steroid dienone is 1. The van der Waals surface area contributed by atoms with Crippen LogP contribution in [0, 0.1) is 0 Å². The Morgan fingerprint density at radius 3 is 2.40 bits per heavy atom. The number of thioether (sulfide) groups is 1. The van der Waals surface area contributed by atoms with Crippen LogP contribution in [-0.4, -0.2) is 46.2 Å². The lowest BCUT2D eigenvalue weighted by Gasteiger charge is -2.27.